The standard InChI is InChI=1S/C20H24N2O.ClH/c21-14-16-9-11-17(12-10-16)20(23)22-19-8-4-7-18(19)13-15-5-2-1-3-6-15;/h1-3,5-6,9-12,18-19H,4,7-8,13-14,21H2,(H,22,23);1H. The van der Waals surface area contributed by atoms with Crippen LogP contribution in [0.25, 0.3) is 0 Å². The summed E-state index contributed by atoms with van der Waals surface area (Å²) < 4.78 is 0. The normalized spacial score (nSPS) is 19.5. The molecular weight excluding hydrogens is 320 g/mol. The lowest BCUT2D eigenvalue weighted by molar-refractivity contribution is 0.0928. The van der Waals surface area contributed by atoms with Crippen LogP contribution in [0.4, 0.5) is 0 Å². The number of carbonyl (C=O) groups is 1. The van der Waals surface area contributed by atoms with Gasteiger partial charge in [0.1, 0.15) is 0 Å². The Bertz CT molecular complexity index is 642. The van der Waals surface area contributed by atoms with E-state index in [2.05, 4.69) is 29.6 Å². The third-order valence-electron chi connectivity index (χ3n) is 4.77. The van der Waals surface area contributed by atoms with Gasteiger partial charge in [0.2, 0.25) is 0 Å². The Morgan fingerprint density at radius 1 is 1.00 bits per heavy atom. The number of amides is 1. The summed E-state index contributed by atoms with van der Waals surface area (Å²) in [6.45, 7) is 0.504. The molecule has 0 heterocycles. The number of hydrogen-bond acceptors (Lipinski definition) is 2. The van der Waals surface area contributed by atoms with Gasteiger partial charge < -0.3 is 11.1 Å². The van der Waals surface area contributed by atoms with Gasteiger partial charge in [-0.2, -0.15) is 0 Å². The highest BCUT2D eigenvalue weighted by Gasteiger charge is 2.28. The third-order valence-corrected chi connectivity index (χ3v) is 4.77. The maximum absolute atomic E-state index is 12.5. The summed E-state index contributed by atoms with van der Waals surface area (Å²) in [6, 6.07) is 18.4. The first-order chi connectivity index (χ1) is 11.3. The Morgan fingerprint density at radius 2 is 1.71 bits per heavy atom. The Balaban J connectivity index is 0.00000208. The Labute approximate surface area is 150 Å². The molecule has 128 valence electrons. The second-order valence-corrected chi connectivity index (χ2v) is 6.36. The summed E-state index contributed by atoms with van der Waals surface area (Å²) in [7, 11) is 0. The van der Waals surface area contributed by atoms with Crippen molar-refractivity contribution in [2.24, 2.45) is 11.7 Å². The number of carbonyl (C=O) groups excluding carboxylic acids is 1. The minimum absolute atomic E-state index is 0. The van der Waals surface area contributed by atoms with E-state index in [1.165, 1.54) is 18.4 Å². The molecule has 1 aliphatic rings. The largest absolute Gasteiger partial charge is 0.349 e. The van der Waals surface area contributed by atoms with Crippen molar-refractivity contribution in [3.8, 4) is 0 Å². The maximum atomic E-state index is 12.5. The first-order valence-electron chi connectivity index (χ1n) is 8.40. The number of hydrogen-bond donors (Lipinski definition) is 2. The van der Waals surface area contributed by atoms with Crippen LogP contribution in [0.3, 0.4) is 0 Å². The zero-order valence-corrected chi connectivity index (χ0v) is 14.6. The van der Waals surface area contributed by atoms with Crippen LogP contribution >= 0.6 is 12.4 Å². The van der Waals surface area contributed by atoms with Crippen LogP contribution in [0.5, 0.6) is 0 Å². The molecule has 0 aliphatic heterocycles. The van der Waals surface area contributed by atoms with Gasteiger partial charge in [0.25, 0.3) is 5.91 Å². The summed E-state index contributed by atoms with van der Waals surface area (Å²) in [5.74, 6) is 0.559. The first kappa shape index (κ1) is 18.5. The van der Waals surface area contributed by atoms with E-state index in [0.29, 0.717) is 18.0 Å². The minimum Gasteiger partial charge on any atom is -0.349 e. The van der Waals surface area contributed by atoms with Gasteiger partial charge in [-0.1, -0.05) is 48.9 Å². The van der Waals surface area contributed by atoms with Crippen molar-refractivity contribution in [3.63, 3.8) is 0 Å². The van der Waals surface area contributed by atoms with Crippen LogP contribution in [0.1, 0.15) is 40.7 Å². The summed E-state index contributed by atoms with van der Waals surface area (Å²) in [5.41, 5.74) is 8.71. The second-order valence-electron chi connectivity index (χ2n) is 6.36. The van der Waals surface area contributed by atoms with Crippen molar-refractivity contribution >= 4 is 18.3 Å². The molecule has 0 spiro atoms. The van der Waals surface area contributed by atoms with Crippen molar-refractivity contribution in [2.45, 2.75) is 38.3 Å². The van der Waals surface area contributed by atoms with E-state index in [1.54, 1.807) is 0 Å². The SMILES string of the molecule is Cl.NCc1ccc(C(=O)NC2CCCC2Cc2ccccc2)cc1. The second kappa shape index (κ2) is 8.86. The fraction of sp³-hybridized carbons (Fsp3) is 0.350. The topological polar surface area (TPSA) is 55.1 Å². The molecule has 1 amide bonds. The lowest BCUT2D eigenvalue weighted by Crippen LogP contribution is -2.38. The lowest BCUT2D eigenvalue weighted by atomic mass is 9.94. The minimum atomic E-state index is 0. The molecule has 0 saturated heterocycles. The van der Waals surface area contributed by atoms with Crippen molar-refractivity contribution in [1.82, 2.24) is 5.32 Å². The van der Waals surface area contributed by atoms with Crippen LogP contribution < -0.4 is 11.1 Å². The van der Waals surface area contributed by atoms with Gasteiger partial charge in [0.05, 0.1) is 0 Å². The molecule has 1 fully saturated rings. The van der Waals surface area contributed by atoms with Crippen molar-refractivity contribution in [1.29, 1.82) is 0 Å². The quantitative estimate of drug-likeness (QED) is 0.868. The number of nitrogens with two attached hydrogens (primary N) is 1. The Morgan fingerprint density at radius 3 is 2.38 bits per heavy atom. The molecule has 3 nitrogen and oxygen atoms in total. The zero-order valence-electron chi connectivity index (χ0n) is 13.8. The molecule has 24 heavy (non-hydrogen) atoms. The predicted molar refractivity (Wildman–Crippen MR) is 100 cm³/mol. The van der Waals surface area contributed by atoms with Crippen molar-refractivity contribution < 1.29 is 4.79 Å². The van der Waals surface area contributed by atoms with Gasteiger partial charge in [-0.25, -0.2) is 0 Å². The molecule has 1 saturated carbocycles. The zero-order chi connectivity index (χ0) is 16.1. The average Bonchev–Trinajstić information content (AvgIpc) is 3.02. The van der Waals surface area contributed by atoms with Crippen molar-refractivity contribution in [3.05, 3.63) is 71.3 Å². The molecule has 0 radical (unpaired) electrons. The van der Waals surface area contributed by atoms with Gasteiger partial charge in [-0.15, -0.1) is 12.4 Å². The van der Waals surface area contributed by atoms with E-state index in [4.69, 9.17) is 5.73 Å². The highest BCUT2D eigenvalue weighted by atomic mass is 35.5. The molecule has 0 aromatic heterocycles. The monoisotopic (exact) mass is 344 g/mol. The average molecular weight is 345 g/mol. The van der Waals surface area contributed by atoms with Crippen molar-refractivity contribution in [2.75, 3.05) is 0 Å². The number of rotatable bonds is 5. The van der Waals surface area contributed by atoms with E-state index in [1.807, 2.05) is 30.3 Å². The van der Waals surface area contributed by atoms with Gasteiger partial charge in [-0.05, 0) is 48.4 Å². The van der Waals surface area contributed by atoms with E-state index >= 15 is 0 Å². The highest BCUT2D eigenvalue weighted by molar-refractivity contribution is 5.94. The molecule has 2 atom stereocenters. The Kier molecular flexibility index (Phi) is 6.83. The number of benzene rings is 2. The van der Waals surface area contributed by atoms with E-state index in [0.717, 1.165) is 18.4 Å². The molecule has 3 rings (SSSR count). The highest BCUT2D eigenvalue weighted by Crippen LogP contribution is 2.29. The van der Waals surface area contributed by atoms with Gasteiger partial charge >= 0.3 is 0 Å². The molecule has 2 aromatic carbocycles. The van der Waals surface area contributed by atoms with E-state index < -0.39 is 0 Å². The summed E-state index contributed by atoms with van der Waals surface area (Å²) in [4.78, 5) is 12.5. The van der Waals surface area contributed by atoms with Gasteiger partial charge in [-0.3, -0.25) is 4.79 Å². The summed E-state index contributed by atoms with van der Waals surface area (Å²) in [6.07, 6.45) is 4.49. The molecular formula is C20H25ClN2O. The molecule has 4 heteroatoms. The van der Waals surface area contributed by atoms with Crippen LogP contribution in [0.2, 0.25) is 0 Å². The molecule has 1 aliphatic carbocycles. The molecule has 2 aromatic rings. The molecule has 2 unspecified atom stereocenters. The summed E-state index contributed by atoms with van der Waals surface area (Å²) >= 11 is 0. The van der Waals surface area contributed by atoms with Crippen LogP contribution in [0.15, 0.2) is 54.6 Å². The fourth-order valence-corrected chi connectivity index (χ4v) is 3.43. The summed E-state index contributed by atoms with van der Waals surface area (Å²) in [5, 5.41) is 3.23. The van der Waals surface area contributed by atoms with Gasteiger partial charge in [0, 0.05) is 18.2 Å². The predicted octanol–water partition coefficient (Wildman–Crippen LogP) is 3.71. The molecule has 0 bridgehead atoms. The smallest absolute Gasteiger partial charge is 0.251 e. The number of nitrogens with one attached hydrogen (secondary N) is 1. The van der Waals surface area contributed by atoms with Crippen LogP contribution in [-0.4, -0.2) is 11.9 Å². The van der Waals surface area contributed by atoms with Gasteiger partial charge in [0.15, 0.2) is 0 Å². The first-order valence-corrected chi connectivity index (χ1v) is 8.40. The van der Waals surface area contributed by atoms with E-state index in [9.17, 15) is 4.79 Å². The maximum Gasteiger partial charge on any atom is 0.251 e. The van der Waals surface area contributed by atoms with Crippen LogP contribution in [0, 0.1) is 5.92 Å². The van der Waals surface area contributed by atoms with Crippen LogP contribution in [-0.2, 0) is 13.0 Å². The molecule has 3 N–H and O–H groups in total. The lowest BCUT2D eigenvalue weighted by Gasteiger charge is -2.21. The fourth-order valence-electron chi connectivity index (χ4n) is 3.43. The number of halogens is 1. The van der Waals surface area contributed by atoms with E-state index in [-0.39, 0.29) is 24.4 Å². The Hall–Kier alpha value is -1.84. The third kappa shape index (κ3) is 4.59.